The van der Waals surface area contributed by atoms with Crippen LogP contribution in [0.5, 0.6) is 0 Å². The number of methoxy groups -OCH3 is 1. The van der Waals surface area contributed by atoms with Gasteiger partial charge < -0.3 is 9.64 Å². The number of Topliss-reactive ketones (excluding diaryl/α,β-unsaturated/α-hetero) is 1. The molecule has 0 spiro atoms. The molecule has 1 unspecified atom stereocenters. The van der Waals surface area contributed by atoms with Crippen molar-refractivity contribution in [3.8, 4) is 0 Å². The van der Waals surface area contributed by atoms with Crippen LogP contribution in [0.25, 0.3) is 0 Å². The molecule has 20 heavy (non-hydrogen) atoms. The number of nitrogens with zero attached hydrogens (tertiary/aromatic N) is 1. The highest BCUT2D eigenvalue weighted by Crippen LogP contribution is 2.12. The van der Waals surface area contributed by atoms with Gasteiger partial charge in [-0.05, 0) is 5.92 Å². The molecule has 1 atom stereocenters. The highest BCUT2D eigenvalue weighted by Gasteiger charge is 2.30. The first-order chi connectivity index (χ1) is 9.51. The average molecular weight is 277 g/mol. The van der Waals surface area contributed by atoms with Gasteiger partial charge >= 0.3 is 5.97 Å². The Bertz CT molecular complexity index is 470. The minimum absolute atomic E-state index is 0.142. The molecular weight excluding hydrogens is 258 g/mol. The fourth-order valence-corrected chi connectivity index (χ4v) is 1.99. The molecule has 1 amide bonds. The van der Waals surface area contributed by atoms with Gasteiger partial charge in [0.2, 0.25) is 6.41 Å². The zero-order valence-corrected chi connectivity index (χ0v) is 11.9. The minimum atomic E-state index is -0.759. The average Bonchev–Trinajstić information content (AvgIpc) is 2.46. The molecule has 1 aromatic carbocycles. The number of ketones is 1. The predicted octanol–water partition coefficient (Wildman–Crippen LogP) is 1.53. The second kappa shape index (κ2) is 7.43. The lowest BCUT2D eigenvalue weighted by atomic mass is 10.0. The Balaban J connectivity index is 2.87. The number of carbonyl (C=O) groups excluding carboxylic acids is 3. The number of carbonyl (C=O) groups is 3. The van der Waals surface area contributed by atoms with Crippen molar-refractivity contribution in [3.63, 3.8) is 0 Å². The first kappa shape index (κ1) is 15.9. The lowest BCUT2D eigenvalue weighted by molar-refractivity contribution is -0.151. The molecule has 0 fully saturated rings. The molecule has 5 nitrogen and oxygen atoms in total. The molecule has 0 aliphatic carbocycles. The lowest BCUT2D eigenvalue weighted by Gasteiger charge is -2.28. The van der Waals surface area contributed by atoms with E-state index in [1.165, 1.54) is 12.0 Å². The predicted molar refractivity (Wildman–Crippen MR) is 74.2 cm³/mol. The van der Waals surface area contributed by atoms with Crippen molar-refractivity contribution in [1.82, 2.24) is 4.90 Å². The quantitative estimate of drug-likeness (QED) is 0.431. The van der Waals surface area contributed by atoms with E-state index in [2.05, 4.69) is 0 Å². The van der Waals surface area contributed by atoms with Crippen molar-refractivity contribution in [3.05, 3.63) is 35.9 Å². The van der Waals surface area contributed by atoms with Crippen LogP contribution in [0.15, 0.2) is 30.3 Å². The van der Waals surface area contributed by atoms with Crippen LogP contribution in [-0.2, 0) is 14.3 Å². The highest BCUT2D eigenvalue weighted by molar-refractivity contribution is 5.98. The van der Waals surface area contributed by atoms with E-state index >= 15 is 0 Å². The zero-order valence-electron chi connectivity index (χ0n) is 11.9. The number of rotatable bonds is 7. The summed E-state index contributed by atoms with van der Waals surface area (Å²) in [6.45, 7) is 3.45. The van der Waals surface area contributed by atoms with Crippen LogP contribution in [0, 0.1) is 5.92 Å². The Morgan fingerprint density at radius 3 is 2.30 bits per heavy atom. The van der Waals surface area contributed by atoms with E-state index in [-0.39, 0.29) is 18.2 Å². The maximum atomic E-state index is 12.1. The second-order valence-corrected chi connectivity index (χ2v) is 4.78. The Morgan fingerprint density at radius 2 is 1.85 bits per heavy atom. The summed E-state index contributed by atoms with van der Waals surface area (Å²) in [6, 6.07) is 7.89. The van der Waals surface area contributed by atoms with Crippen molar-refractivity contribution in [2.24, 2.45) is 5.92 Å². The van der Waals surface area contributed by atoms with Gasteiger partial charge in [-0.2, -0.15) is 0 Å². The number of hydrogen-bond donors (Lipinski definition) is 0. The van der Waals surface area contributed by atoms with Gasteiger partial charge in [-0.25, -0.2) is 4.79 Å². The van der Waals surface area contributed by atoms with E-state index < -0.39 is 12.0 Å². The summed E-state index contributed by atoms with van der Waals surface area (Å²) in [5.41, 5.74) is 0.506. The number of hydrogen-bond acceptors (Lipinski definition) is 4. The summed E-state index contributed by atoms with van der Waals surface area (Å²) in [4.78, 5) is 36.2. The van der Waals surface area contributed by atoms with Gasteiger partial charge in [0, 0.05) is 5.56 Å². The van der Waals surface area contributed by atoms with Crippen LogP contribution in [0.4, 0.5) is 0 Å². The largest absolute Gasteiger partial charge is 0.467 e. The number of ether oxygens (including phenoxy) is 1. The van der Waals surface area contributed by atoms with E-state index in [1.54, 1.807) is 44.2 Å². The van der Waals surface area contributed by atoms with E-state index in [4.69, 9.17) is 4.74 Å². The molecule has 0 aliphatic rings. The van der Waals surface area contributed by atoms with E-state index in [1.807, 2.05) is 0 Å². The minimum Gasteiger partial charge on any atom is -0.467 e. The molecule has 5 heteroatoms. The summed E-state index contributed by atoms with van der Waals surface area (Å²) in [6.07, 6.45) is 0.516. The number of esters is 1. The molecule has 0 heterocycles. The molecule has 0 saturated heterocycles. The highest BCUT2D eigenvalue weighted by atomic mass is 16.5. The molecule has 0 N–H and O–H groups in total. The van der Waals surface area contributed by atoms with Gasteiger partial charge in [0.15, 0.2) is 5.78 Å². The van der Waals surface area contributed by atoms with Crippen molar-refractivity contribution in [2.75, 3.05) is 13.7 Å². The van der Waals surface area contributed by atoms with Gasteiger partial charge in [0.25, 0.3) is 0 Å². The molecular formula is C15H19NO4. The van der Waals surface area contributed by atoms with Gasteiger partial charge in [-0.1, -0.05) is 44.2 Å². The van der Waals surface area contributed by atoms with Crippen LogP contribution in [0.1, 0.15) is 24.2 Å². The van der Waals surface area contributed by atoms with Crippen molar-refractivity contribution in [2.45, 2.75) is 19.9 Å². The normalized spacial score (nSPS) is 11.8. The Labute approximate surface area is 118 Å². The fraction of sp³-hybridized carbons (Fsp3) is 0.400. The van der Waals surface area contributed by atoms with Gasteiger partial charge in [-0.15, -0.1) is 0 Å². The Morgan fingerprint density at radius 1 is 1.25 bits per heavy atom. The SMILES string of the molecule is COC(=O)C(C(C)C)N(C=O)CC(=O)c1ccccc1. The summed E-state index contributed by atoms with van der Waals surface area (Å²) in [7, 11) is 1.26. The summed E-state index contributed by atoms with van der Waals surface area (Å²) >= 11 is 0. The first-order valence-corrected chi connectivity index (χ1v) is 6.38. The van der Waals surface area contributed by atoms with Gasteiger partial charge in [-0.3, -0.25) is 9.59 Å². The van der Waals surface area contributed by atoms with Crippen LogP contribution < -0.4 is 0 Å². The summed E-state index contributed by atoms with van der Waals surface area (Å²) in [5, 5.41) is 0. The zero-order chi connectivity index (χ0) is 15.1. The smallest absolute Gasteiger partial charge is 0.328 e. The maximum absolute atomic E-state index is 12.1. The van der Waals surface area contributed by atoms with E-state index in [0.29, 0.717) is 12.0 Å². The third kappa shape index (κ3) is 3.91. The maximum Gasteiger partial charge on any atom is 0.328 e. The number of benzene rings is 1. The third-order valence-electron chi connectivity index (χ3n) is 2.99. The van der Waals surface area contributed by atoms with Crippen molar-refractivity contribution >= 4 is 18.2 Å². The molecule has 1 aromatic rings. The van der Waals surface area contributed by atoms with Crippen LogP contribution >= 0.6 is 0 Å². The molecule has 0 saturated carbocycles. The number of amides is 1. The molecule has 0 radical (unpaired) electrons. The molecule has 108 valence electrons. The Kier molecular flexibility index (Phi) is 5.90. The van der Waals surface area contributed by atoms with Crippen molar-refractivity contribution < 1.29 is 19.1 Å². The van der Waals surface area contributed by atoms with Crippen LogP contribution in [0.2, 0.25) is 0 Å². The standard InChI is InChI=1S/C15H19NO4/c1-11(2)14(15(19)20-3)16(10-17)9-13(18)12-7-5-4-6-8-12/h4-8,10-11,14H,9H2,1-3H3. The molecule has 0 aromatic heterocycles. The summed E-state index contributed by atoms with van der Waals surface area (Å²) < 4.78 is 4.69. The second-order valence-electron chi connectivity index (χ2n) is 4.78. The van der Waals surface area contributed by atoms with E-state index in [9.17, 15) is 14.4 Å². The first-order valence-electron chi connectivity index (χ1n) is 6.38. The fourth-order valence-electron chi connectivity index (χ4n) is 1.99. The summed E-state index contributed by atoms with van der Waals surface area (Å²) in [5.74, 6) is -0.878. The van der Waals surface area contributed by atoms with E-state index in [0.717, 1.165) is 0 Å². The van der Waals surface area contributed by atoms with Crippen molar-refractivity contribution in [1.29, 1.82) is 0 Å². The third-order valence-corrected chi connectivity index (χ3v) is 2.99. The Hall–Kier alpha value is -2.17. The van der Waals surface area contributed by atoms with Gasteiger partial charge in [0.1, 0.15) is 6.04 Å². The van der Waals surface area contributed by atoms with Crippen LogP contribution in [0.3, 0.4) is 0 Å². The van der Waals surface area contributed by atoms with Gasteiger partial charge in [0.05, 0.1) is 13.7 Å². The molecule has 0 bridgehead atoms. The topological polar surface area (TPSA) is 63.7 Å². The molecule has 1 rings (SSSR count). The van der Waals surface area contributed by atoms with Crippen LogP contribution in [-0.4, -0.2) is 42.8 Å². The monoisotopic (exact) mass is 277 g/mol. The molecule has 0 aliphatic heterocycles. The lowest BCUT2D eigenvalue weighted by Crippen LogP contribution is -2.46.